The molecule has 0 heterocycles. The first kappa shape index (κ1) is 17.7. The second kappa shape index (κ2) is 8.87. The van der Waals surface area contributed by atoms with E-state index in [1.807, 2.05) is 42.5 Å². The van der Waals surface area contributed by atoms with Gasteiger partial charge >= 0.3 is 5.97 Å². The lowest BCUT2D eigenvalue weighted by molar-refractivity contribution is -0.151. The number of carbonyl (C=O) groups is 2. The zero-order valence-corrected chi connectivity index (χ0v) is 14.2. The average molecular weight is 325 g/mol. The van der Waals surface area contributed by atoms with E-state index in [0.29, 0.717) is 6.54 Å². The van der Waals surface area contributed by atoms with Gasteiger partial charge in [-0.2, -0.15) is 0 Å². The molecular formula is C20H23NO3. The van der Waals surface area contributed by atoms with Crippen LogP contribution in [0.3, 0.4) is 0 Å². The molecule has 1 amide bonds. The SMILES string of the molecule is CCc1ccc(CN(C)C(=O)COC(=O)Cc2ccccc2)cc1. The molecule has 2 rings (SSSR count). The third-order valence-electron chi connectivity index (χ3n) is 3.82. The fraction of sp³-hybridized carbons (Fsp3) is 0.300. The molecule has 0 aliphatic carbocycles. The van der Waals surface area contributed by atoms with Crippen LogP contribution in [0.5, 0.6) is 0 Å². The highest BCUT2D eigenvalue weighted by atomic mass is 16.5. The van der Waals surface area contributed by atoms with Gasteiger partial charge in [0.1, 0.15) is 0 Å². The Kier molecular flexibility index (Phi) is 6.55. The molecule has 4 nitrogen and oxygen atoms in total. The van der Waals surface area contributed by atoms with Gasteiger partial charge < -0.3 is 9.64 Å². The quantitative estimate of drug-likeness (QED) is 0.735. The molecule has 0 atom stereocenters. The molecule has 126 valence electrons. The molecule has 0 saturated carbocycles. The molecule has 0 unspecified atom stereocenters. The zero-order valence-electron chi connectivity index (χ0n) is 14.2. The Hall–Kier alpha value is -2.62. The van der Waals surface area contributed by atoms with Gasteiger partial charge in [0.25, 0.3) is 5.91 Å². The van der Waals surface area contributed by atoms with E-state index in [2.05, 4.69) is 19.1 Å². The molecule has 0 aromatic heterocycles. The smallest absolute Gasteiger partial charge is 0.310 e. The second-order valence-corrected chi connectivity index (χ2v) is 5.74. The second-order valence-electron chi connectivity index (χ2n) is 5.74. The zero-order chi connectivity index (χ0) is 17.4. The molecule has 0 spiro atoms. The molecule has 0 aliphatic heterocycles. The van der Waals surface area contributed by atoms with Gasteiger partial charge in [-0.1, -0.05) is 61.5 Å². The Morgan fingerprint density at radius 1 is 0.917 bits per heavy atom. The number of benzene rings is 2. The van der Waals surface area contributed by atoms with Gasteiger partial charge in [-0.3, -0.25) is 9.59 Å². The average Bonchev–Trinajstić information content (AvgIpc) is 2.61. The van der Waals surface area contributed by atoms with E-state index >= 15 is 0 Å². The molecule has 0 aliphatic rings. The number of likely N-dealkylation sites (N-methyl/N-ethyl adjacent to an activating group) is 1. The molecule has 0 radical (unpaired) electrons. The number of hydrogen-bond acceptors (Lipinski definition) is 3. The lowest BCUT2D eigenvalue weighted by atomic mass is 10.1. The summed E-state index contributed by atoms with van der Waals surface area (Å²) in [5, 5.41) is 0. The topological polar surface area (TPSA) is 46.6 Å². The van der Waals surface area contributed by atoms with Gasteiger partial charge in [0, 0.05) is 13.6 Å². The molecule has 0 fully saturated rings. The third-order valence-corrected chi connectivity index (χ3v) is 3.82. The highest BCUT2D eigenvalue weighted by Gasteiger charge is 2.13. The summed E-state index contributed by atoms with van der Waals surface area (Å²) in [5.74, 6) is -0.605. The summed E-state index contributed by atoms with van der Waals surface area (Å²) in [6.45, 7) is 2.38. The Balaban J connectivity index is 1.77. The van der Waals surface area contributed by atoms with Crippen LogP contribution < -0.4 is 0 Å². The van der Waals surface area contributed by atoms with Crippen molar-refractivity contribution in [2.75, 3.05) is 13.7 Å². The van der Waals surface area contributed by atoms with Crippen LogP contribution in [0.15, 0.2) is 54.6 Å². The monoisotopic (exact) mass is 325 g/mol. The maximum absolute atomic E-state index is 12.1. The minimum atomic E-state index is -0.393. The third kappa shape index (κ3) is 5.54. The van der Waals surface area contributed by atoms with E-state index in [-0.39, 0.29) is 18.9 Å². The highest BCUT2D eigenvalue weighted by Crippen LogP contribution is 2.08. The molecule has 24 heavy (non-hydrogen) atoms. The molecule has 0 saturated heterocycles. The highest BCUT2D eigenvalue weighted by molar-refractivity contribution is 5.81. The van der Waals surface area contributed by atoms with Gasteiger partial charge in [0.2, 0.25) is 0 Å². The van der Waals surface area contributed by atoms with Gasteiger partial charge in [0.05, 0.1) is 6.42 Å². The van der Waals surface area contributed by atoms with E-state index in [1.54, 1.807) is 11.9 Å². The summed E-state index contributed by atoms with van der Waals surface area (Å²) in [6, 6.07) is 17.5. The normalized spacial score (nSPS) is 10.2. The Labute approximate surface area is 143 Å². The van der Waals surface area contributed by atoms with Crippen LogP contribution in [0.25, 0.3) is 0 Å². The largest absolute Gasteiger partial charge is 0.455 e. The van der Waals surface area contributed by atoms with Crippen molar-refractivity contribution in [3.05, 3.63) is 71.3 Å². The number of ether oxygens (including phenoxy) is 1. The maximum Gasteiger partial charge on any atom is 0.310 e. The van der Waals surface area contributed by atoms with E-state index in [1.165, 1.54) is 5.56 Å². The fourth-order valence-electron chi connectivity index (χ4n) is 2.31. The van der Waals surface area contributed by atoms with Gasteiger partial charge in [-0.25, -0.2) is 0 Å². The van der Waals surface area contributed by atoms with Crippen LogP contribution >= 0.6 is 0 Å². The molecular weight excluding hydrogens is 302 g/mol. The standard InChI is InChI=1S/C20H23NO3/c1-3-16-9-11-18(12-10-16)14-21(2)19(22)15-24-20(23)13-17-7-5-4-6-8-17/h4-12H,3,13-15H2,1-2H3. The summed E-state index contributed by atoms with van der Waals surface area (Å²) in [5.41, 5.74) is 3.19. The molecule has 0 bridgehead atoms. The summed E-state index contributed by atoms with van der Waals surface area (Å²) >= 11 is 0. The minimum absolute atomic E-state index is 0.177. The van der Waals surface area contributed by atoms with Crippen LogP contribution in [-0.4, -0.2) is 30.4 Å². The first-order valence-electron chi connectivity index (χ1n) is 8.10. The lowest BCUT2D eigenvalue weighted by Gasteiger charge is -2.17. The first-order chi connectivity index (χ1) is 11.6. The number of hydrogen-bond donors (Lipinski definition) is 0. The van der Waals surface area contributed by atoms with E-state index in [4.69, 9.17) is 4.74 Å². The summed E-state index contributed by atoms with van der Waals surface area (Å²) in [7, 11) is 1.71. The Morgan fingerprint density at radius 2 is 1.54 bits per heavy atom. The number of carbonyl (C=O) groups excluding carboxylic acids is 2. The number of nitrogens with zero attached hydrogens (tertiary/aromatic N) is 1. The van der Waals surface area contributed by atoms with Crippen molar-refractivity contribution < 1.29 is 14.3 Å². The van der Waals surface area contributed by atoms with E-state index in [0.717, 1.165) is 17.5 Å². The Morgan fingerprint density at radius 3 is 2.17 bits per heavy atom. The van der Waals surface area contributed by atoms with Crippen LogP contribution in [-0.2, 0) is 33.7 Å². The first-order valence-corrected chi connectivity index (χ1v) is 8.10. The van der Waals surface area contributed by atoms with Crippen molar-refractivity contribution >= 4 is 11.9 Å². The summed E-state index contributed by atoms with van der Waals surface area (Å²) in [6.07, 6.45) is 1.17. The van der Waals surface area contributed by atoms with Crippen molar-refractivity contribution in [2.24, 2.45) is 0 Å². The molecule has 4 heteroatoms. The van der Waals surface area contributed by atoms with Crippen LogP contribution in [0.2, 0.25) is 0 Å². The van der Waals surface area contributed by atoms with Crippen molar-refractivity contribution in [1.82, 2.24) is 4.90 Å². The van der Waals surface area contributed by atoms with Crippen molar-refractivity contribution in [3.63, 3.8) is 0 Å². The summed E-state index contributed by atoms with van der Waals surface area (Å²) < 4.78 is 5.07. The molecule has 0 N–H and O–H groups in total. The number of aryl methyl sites for hydroxylation is 1. The van der Waals surface area contributed by atoms with Crippen molar-refractivity contribution in [1.29, 1.82) is 0 Å². The van der Waals surface area contributed by atoms with Crippen LogP contribution in [0.1, 0.15) is 23.6 Å². The maximum atomic E-state index is 12.1. The van der Waals surface area contributed by atoms with Crippen molar-refractivity contribution in [3.8, 4) is 0 Å². The molecule has 2 aromatic rings. The minimum Gasteiger partial charge on any atom is -0.455 e. The van der Waals surface area contributed by atoms with Crippen LogP contribution in [0, 0.1) is 0 Å². The van der Waals surface area contributed by atoms with Crippen molar-refractivity contribution in [2.45, 2.75) is 26.3 Å². The fourth-order valence-corrected chi connectivity index (χ4v) is 2.31. The number of esters is 1. The van der Waals surface area contributed by atoms with Gasteiger partial charge in [0.15, 0.2) is 6.61 Å². The predicted molar refractivity (Wildman–Crippen MR) is 93.4 cm³/mol. The van der Waals surface area contributed by atoms with E-state index < -0.39 is 5.97 Å². The predicted octanol–water partition coefficient (Wildman–Crippen LogP) is 2.99. The van der Waals surface area contributed by atoms with Gasteiger partial charge in [-0.05, 0) is 23.1 Å². The Bertz CT molecular complexity index is 665. The number of amides is 1. The number of rotatable bonds is 7. The van der Waals surface area contributed by atoms with Crippen LogP contribution in [0.4, 0.5) is 0 Å². The molecule has 2 aromatic carbocycles. The van der Waals surface area contributed by atoms with E-state index in [9.17, 15) is 9.59 Å². The summed E-state index contributed by atoms with van der Waals surface area (Å²) in [4.78, 5) is 25.4. The van der Waals surface area contributed by atoms with Gasteiger partial charge in [-0.15, -0.1) is 0 Å². The lowest BCUT2D eigenvalue weighted by Crippen LogP contribution is -2.31.